The first kappa shape index (κ1) is 9.60. The van der Waals surface area contributed by atoms with Crippen LogP contribution in [0.5, 0.6) is 0 Å². The maximum absolute atomic E-state index is 11.6. The van der Waals surface area contributed by atoms with Crippen molar-refractivity contribution in [3.05, 3.63) is 0 Å². The van der Waals surface area contributed by atoms with Gasteiger partial charge in [-0.15, -0.1) is 0 Å². The largest absolute Gasteiger partial charge is 0.363 e. The average molecular weight is 210 g/mol. The number of carbonyl (C=O) groups excluding carboxylic acids is 1. The standard InChI is InChI=1S/C11H18N2O2/c1-8(2)12-4-11(5-12)6-13(7-11)10(14)9-3-15-9/h8-9H,3-7H2,1-2H3. The number of hydrogen-bond donors (Lipinski definition) is 0. The summed E-state index contributed by atoms with van der Waals surface area (Å²) in [6, 6.07) is 0.646. The van der Waals surface area contributed by atoms with E-state index >= 15 is 0 Å². The Bertz CT molecular complexity index is 285. The molecule has 15 heavy (non-hydrogen) atoms. The Labute approximate surface area is 90.2 Å². The van der Waals surface area contributed by atoms with Gasteiger partial charge < -0.3 is 9.64 Å². The number of carbonyl (C=O) groups is 1. The summed E-state index contributed by atoms with van der Waals surface area (Å²) >= 11 is 0. The first-order valence-corrected chi connectivity index (χ1v) is 5.74. The van der Waals surface area contributed by atoms with E-state index in [2.05, 4.69) is 18.7 Å². The molecular weight excluding hydrogens is 192 g/mol. The van der Waals surface area contributed by atoms with E-state index in [1.54, 1.807) is 0 Å². The summed E-state index contributed by atoms with van der Waals surface area (Å²) in [7, 11) is 0. The highest BCUT2D eigenvalue weighted by Crippen LogP contribution is 2.41. The van der Waals surface area contributed by atoms with Crippen molar-refractivity contribution in [1.29, 1.82) is 0 Å². The number of likely N-dealkylation sites (tertiary alicyclic amines) is 2. The molecule has 3 saturated heterocycles. The van der Waals surface area contributed by atoms with Crippen LogP contribution in [0.15, 0.2) is 0 Å². The fourth-order valence-corrected chi connectivity index (χ4v) is 2.69. The van der Waals surface area contributed by atoms with Crippen molar-refractivity contribution >= 4 is 5.91 Å². The van der Waals surface area contributed by atoms with Gasteiger partial charge in [0.2, 0.25) is 0 Å². The van der Waals surface area contributed by atoms with E-state index in [9.17, 15) is 4.79 Å². The van der Waals surface area contributed by atoms with Gasteiger partial charge in [-0.1, -0.05) is 0 Å². The SMILES string of the molecule is CC(C)N1CC2(CN(C(=O)C3CO3)C2)C1. The fourth-order valence-electron chi connectivity index (χ4n) is 2.69. The minimum absolute atomic E-state index is 0.0939. The molecule has 4 heteroatoms. The Morgan fingerprint density at radius 2 is 1.93 bits per heavy atom. The van der Waals surface area contributed by atoms with Gasteiger partial charge in [0, 0.05) is 37.6 Å². The Hall–Kier alpha value is -0.610. The Morgan fingerprint density at radius 1 is 1.33 bits per heavy atom. The molecule has 0 aromatic heterocycles. The molecule has 0 aliphatic carbocycles. The molecule has 3 aliphatic rings. The van der Waals surface area contributed by atoms with Crippen molar-refractivity contribution in [3.8, 4) is 0 Å². The topological polar surface area (TPSA) is 36.1 Å². The third kappa shape index (κ3) is 1.47. The number of ether oxygens (including phenoxy) is 1. The van der Waals surface area contributed by atoms with E-state index in [1.165, 1.54) is 13.1 Å². The van der Waals surface area contributed by atoms with Gasteiger partial charge in [0.1, 0.15) is 0 Å². The third-order valence-electron chi connectivity index (χ3n) is 3.78. The van der Waals surface area contributed by atoms with Crippen LogP contribution in [0.25, 0.3) is 0 Å². The van der Waals surface area contributed by atoms with Crippen LogP contribution in [0.1, 0.15) is 13.8 Å². The Kier molecular flexibility index (Phi) is 1.89. The molecule has 0 radical (unpaired) electrons. The zero-order valence-corrected chi connectivity index (χ0v) is 9.40. The zero-order valence-electron chi connectivity index (χ0n) is 9.40. The predicted octanol–water partition coefficient (Wildman–Crippen LogP) is -0.0622. The van der Waals surface area contributed by atoms with Gasteiger partial charge in [-0.05, 0) is 13.8 Å². The van der Waals surface area contributed by atoms with E-state index in [0.717, 1.165) is 13.1 Å². The maximum Gasteiger partial charge on any atom is 0.254 e. The normalized spacial score (nSPS) is 32.7. The van der Waals surface area contributed by atoms with Crippen molar-refractivity contribution in [2.24, 2.45) is 5.41 Å². The van der Waals surface area contributed by atoms with E-state index in [4.69, 9.17) is 4.74 Å². The van der Waals surface area contributed by atoms with Crippen LogP contribution in [0.2, 0.25) is 0 Å². The predicted molar refractivity (Wildman–Crippen MR) is 55.5 cm³/mol. The molecule has 0 aromatic rings. The summed E-state index contributed by atoms with van der Waals surface area (Å²) in [5.74, 6) is 0.212. The van der Waals surface area contributed by atoms with Gasteiger partial charge in [-0.25, -0.2) is 0 Å². The quantitative estimate of drug-likeness (QED) is 0.599. The molecule has 1 amide bonds. The van der Waals surface area contributed by atoms with Crippen LogP contribution >= 0.6 is 0 Å². The molecule has 0 saturated carbocycles. The lowest BCUT2D eigenvalue weighted by molar-refractivity contribution is -0.163. The number of amides is 1. The van der Waals surface area contributed by atoms with Gasteiger partial charge in [0.15, 0.2) is 6.10 Å². The lowest BCUT2D eigenvalue weighted by Gasteiger charge is -2.61. The molecule has 84 valence electrons. The Balaban J connectivity index is 1.48. The monoisotopic (exact) mass is 210 g/mol. The first-order chi connectivity index (χ1) is 7.10. The highest BCUT2D eigenvalue weighted by Gasteiger charge is 2.55. The van der Waals surface area contributed by atoms with Gasteiger partial charge in [-0.2, -0.15) is 0 Å². The molecule has 3 heterocycles. The molecule has 0 aromatic carbocycles. The van der Waals surface area contributed by atoms with Gasteiger partial charge in [0.25, 0.3) is 5.91 Å². The van der Waals surface area contributed by atoms with E-state index < -0.39 is 0 Å². The van der Waals surface area contributed by atoms with Gasteiger partial charge in [0.05, 0.1) is 6.61 Å². The molecule has 1 atom stereocenters. The first-order valence-electron chi connectivity index (χ1n) is 5.74. The van der Waals surface area contributed by atoms with Crippen molar-refractivity contribution < 1.29 is 9.53 Å². The van der Waals surface area contributed by atoms with Crippen molar-refractivity contribution in [3.63, 3.8) is 0 Å². The van der Waals surface area contributed by atoms with E-state index in [0.29, 0.717) is 18.1 Å². The second-order valence-electron chi connectivity index (χ2n) is 5.52. The summed E-state index contributed by atoms with van der Waals surface area (Å²) in [4.78, 5) is 16.0. The third-order valence-corrected chi connectivity index (χ3v) is 3.78. The summed E-state index contributed by atoms with van der Waals surface area (Å²) in [5.41, 5.74) is 0.439. The minimum atomic E-state index is -0.0939. The maximum atomic E-state index is 11.6. The summed E-state index contributed by atoms with van der Waals surface area (Å²) in [6.45, 7) is 9.34. The lowest BCUT2D eigenvalue weighted by atomic mass is 9.72. The molecule has 4 nitrogen and oxygen atoms in total. The molecular formula is C11H18N2O2. The molecule has 3 rings (SSSR count). The Morgan fingerprint density at radius 3 is 2.40 bits per heavy atom. The highest BCUT2D eigenvalue weighted by atomic mass is 16.6. The summed E-state index contributed by atoms with van der Waals surface area (Å²) < 4.78 is 5.00. The van der Waals surface area contributed by atoms with Crippen LogP contribution in [0.3, 0.4) is 0 Å². The lowest BCUT2D eigenvalue weighted by Crippen LogP contribution is -2.74. The molecule has 3 fully saturated rings. The van der Waals surface area contributed by atoms with Crippen LogP contribution in [-0.2, 0) is 9.53 Å². The molecule has 1 unspecified atom stereocenters. The number of rotatable bonds is 2. The number of hydrogen-bond acceptors (Lipinski definition) is 3. The van der Waals surface area contributed by atoms with Crippen LogP contribution in [0, 0.1) is 5.41 Å². The minimum Gasteiger partial charge on any atom is -0.363 e. The summed E-state index contributed by atoms with van der Waals surface area (Å²) in [6.07, 6.45) is -0.0939. The summed E-state index contributed by atoms with van der Waals surface area (Å²) in [5, 5.41) is 0. The molecule has 0 bridgehead atoms. The second kappa shape index (κ2) is 2.95. The number of epoxide rings is 1. The number of nitrogens with zero attached hydrogens (tertiary/aromatic N) is 2. The van der Waals surface area contributed by atoms with E-state index in [-0.39, 0.29) is 12.0 Å². The van der Waals surface area contributed by atoms with Crippen LogP contribution in [0.4, 0.5) is 0 Å². The van der Waals surface area contributed by atoms with Crippen LogP contribution < -0.4 is 0 Å². The van der Waals surface area contributed by atoms with Crippen molar-refractivity contribution in [2.45, 2.75) is 26.0 Å². The van der Waals surface area contributed by atoms with Crippen molar-refractivity contribution in [1.82, 2.24) is 9.80 Å². The zero-order chi connectivity index (χ0) is 10.6. The van der Waals surface area contributed by atoms with Gasteiger partial charge >= 0.3 is 0 Å². The van der Waals surface area contributed by atoms with Crippen LogP contribution in [-0.4, -0.2) is 60.6 Å². The average Bonchev–Trinajstić information content (AvgIpc) is 2.78. The molecule has 3 aliphatic heterocycles. The van der Waals surface area contributed by atoms with E-state index in [1.807, 2.05) is 4.90 Å². The molecule has 0 N–H and O–H groups in total. The molecule has 1 spiro atoms. The highest BCUT2D eigenvalue weighted by molar-refractivity contribution is 5.84. The fraction of sp³-hybridized carbons (Fsp3) is 0.909. The smallest absolute Gasteiger partial charge is 0.254 e. The van der Waals surface area contributed by atoms with Crippen molar-refractivity contribution in [2.75, 3.05) is 32.8 Å². The van der Waals surface area contributed by atoms with Gasteiger partial charge in [-0.3, -0.25) is 9.69 Å². The second-order valence-corrected chi connectivity index (χ2v) is 5.52.